The van der Waals surface area contributed by atoms with Crippen LogP contribution < -0.4 is 0 Å². The van der Waals surface area contributed by atoms with Crippen molar-refractivity contribution in [3.05, 3.63) is 48.0 Å². The summed E-state index contributed by atoms with van der Waals surface area (Å²) in [6.07, 6.45) is 5.57. The predicted molar refractivity (Wildman–Crippen MR) is 55.6 cm³/mol. The van der Waals surface area contributed by atoms with Gasteiger partial charge in [0.05, 0.1) is 6.10 Å². The maximum atomic E-state index is 8.96. The summed E-state index contributed by atoms with van der Waals surface area (Å²) in [5.74, 6) is 0. The minimum Gasteiger partial charge on any atom is -0.389 e. The van der Waals surface area contributed by atoms with Gasteiger partial charge in [0.2, 0.25) is 0 Å². The maximum Gasteiger partial charge on any atom is 0.0692 e. The Morgan fingerprint density at radius 1 is 1.31 bits per heavy atom. The van der Waals surface area contributed by atoms with Crippen LogP contribution in [0.2, 0.25) is 0 Å². The molecule has 1 atom stereocenters. The molecule has 0 aliphatic heterocycles. The van der Waals surface area contributed by atoms with Crippen molar-refractivity contribution in [3.63, 3.8) is 0 Å². The second-order valence-corrected chi connectivity index (χ2v) is 3.19. The summed E-state index contributed by atoms with van der Waals surface area (Å²) in [7, 11) is 0. The van der Waals surface area contributed by atoms with E-state index in [0.717, 1.165) is 12.8 Å². The molecular formula is C12H16O. The van der Waals surface area contributed by atoms with Gasteiger partial charge in [-0.2, -0.15) is 0 Å². The number of allylic oxidation sites excluding steroid dienone is 1. The van der Waals surface area contributed by atoms with Crippen LogP contribution in [-0.4, -0.2) is 11.2 Å². The third kappa shape index (κ3) is 4.48. The molecule has 0 aromatic heterocycles. The molecule has 0 aliphatic carbocycles. The smallest absolute Gasteiger partial charge is 0.0692 e. The van der Waals surface area contributed by atoms with Crippen molar-refractivity contribution < 1.29 is 5.11 Å². The van der Waals surface area contributed by atoms with Crippen LogP contribution >= 0.6 is 0 Å². The number of rotatable bonds is 4. The lowest BCUT2D eigenvalue weighted by molar-refractivity contribution is 0.244. The standard InChI is InChI=1S/C12H16O/c1-11(13)7-5-6-10-12-8-3-2-4-9-12/h2-5,7-9,11,13H,6,10H2,1H3. The molecule has 0 heterocycles. The Hall–Kier alpha value is -1.08. The fraction of sp³-hybridized carbons (Fsp3) is 0.333. The van der Waals surface area contributed by atoms with Gasteiger partial charge in [-0.1, -0.05) is 42.5 Å². The van der Waals surface area contributed by atoms with Crippen LogP contribution in [0.25, 0.3) is 0 Å². The van der Waals surface area contributed by atoms with Crippen molar-refractivity contribution in [3.8, 4) is 0 Å². The molecule has 0 aliphatic rings. The first-order valence-corrected chi connectivity index (χ1v) is 4.67. The van der Waals surface area contributed by atoms with Crippen molar-refractivity contribution >= 4 is 0 Å². The largest absolute Gasteiger partial charge is 0.389 e. The van der Waals surface area contributed by atoms with Crippen molar-refractivity contribution in [1.29, 1.82) is 0 Å². The molecular weight excluding hydrogens is 160 g/mol. The predicted octanol–water partition coefficient (Wildman–Crippen LogP) is 2.56. The molecule has 13 heavy (non-hydrogen) atoms. The van der Waals surface area contributed by atoms with Gasteiger partial charge in [0.1, 0.15) is 0 Å². The average molecular weight is 176 g/mol. The van der Waals surface area contributed by atoms with Crippen LogP contribution in [0.15, 0.2) is 42.5 Å². The first-order valence-electron chi connectivity index (χ1n) is 4.67. The number of aliphatic hydroxyl groups excluding tert-OH is 1. The van der Waals surface area contributed by atoms with E-state index < -0.39 is 0 Å². The van der Waals surface area contributed by atoms with Crippen LogP contribution in [0, 0.1) is 0 Å². The Morgan fingerprint density at radius 3 is 2.62 bits per heavy atom. The van der Waals surface area contributed by atoms with E-state index in [1.165, 1.54) is 5.56 Å². The third-order valence-corrected chi connectivity index (χ3v) is 1.86. The van der Waals surface area contributed by atoms with Gasteiger partial charge in [0, 0.05) is 0 Å². The lowest BCUT2D eigenvalue weighted by Gasteiger charge is -1.97. The van der Waals surface area contributed by atoms with Gasteiger partial charge in [-0.05, 0) is 25.3 Å². The minimum atomic E-state index is -0.323. The highest BCUT2D eigenvalue weighted by atomic mass is 16.3. The van der Waals surface area contributed by atoms with E-state index in [0.29, 0.717) is 0 Å². The monoisotopic (exact) mass is 176 g/mol. The second kappa shape index (κ2) is 5.55. The summed E-state index contributed by atoms with van der Waals surface area (Å²) in [4.78, 5) is 0. The fourth-order valence-corrected chi connectivity index (χ4v) is 1.19. The molecule has 0 bridgehead atoms. The molecule has 0 spiro atoms. The van der Waals surface area contributed by atoms with Gasteiger partial charge in [0.15, 0.2) is 0 Å². The molecule has 0 fully saturated rings. The topological polar surface area (TPSA) is 20.2 Å². The van der Waals surface area contributed by atoms with E-state index in [4.69, 9.17) is 5.11 Å². The molecule has 0 amide bonds. The van der Waals surface area contributed by atoms with Crippen LogP contribution in [0.4, 0.5) is 0 Å². The number of hydrogen-bond acceptors (Lipinski definition) is 1. The van der Waals surface area contributed by atoms with Gasteiger partial charge < -0.3 is 5.11 Å². The van der Waals surface area contributed by atoms with Gasteiger partial charge >= 0.3 is 0 Å². The highest BCUT2D eigenvalue weighted by Gasteiger charge is 1.89. The van der Waals surface area contributed by atoms with Crippen molar-refractivity contribution in [1.82, 2.24) is 0 Å². The van der Waals surface area contributed by atoms with Crippen LogP contribution in [0.5, 0.6) is 0 Å². The molecule has 70 valence electrons. The highest BCUT2D eigenvalue weighted by Crippen LogP contribution is 2.02. The third-order valence-electron chi connectivity index (χ3n) is 1.86. The maximum absolute atomic E-state index is 8.96. The number of aryl methyl sites for hydroxylation is 1. The lowest BCUT2D eigenvalue weighted by atomic mass is 10.1. The molecule has 0 radical (unpaired) electrons. The lowest BCUT2D eigenvalue weighted by Crippen LogP contribution is -1.91. The van der Waals surface area contributed by atoms with Crippen LogP contribution in [0.3, 0.4) is 0 Å². The van der Waals surface area contributed by atoms with Crippen molar-refractivity contribution in [2.24, 2.45) is 0 Å². The molecule has 1 rings (SSSR count). The fourth-order valence-electron chi connectivity index (χ4n) is 1.19. The number of hydrogen-bond donors (Lipinski definition) is 1. The number of aliphatic hydroxyl groups is 1. The molecule has 0 saturated carbocycles. The zero-order chi connectivity index (χ0) is 9.52. The Morgan fingerprint density at radius 2 is 2.00 bits per heavy atom. The SMILES string of the molecule is CC(O)C=CCCc1ccccc1. The molecule has 1 aromatic carbocycles. The van der Waals surface area contributed by atoms with Gasteiger partial charge in [-0.25, -0.2) is 0 Å². The van der Waals surface area contributed by atoms with E-state index in [1.54, 1.807) is 6.92 Å². The summed E-state index contributed by atoms with van der Waals surface area (Å²) in [5.41, 5.74) is 1.35. The van der Waals surface area contributed by atoms with Crippen molar-refractivity contribution in [2.45, 2.75) is 25.9 Å². The van der Waals surface area contributed by atoms with Gasteiger partial charge in [0.25, 0.3) is 0 Å². The zero-order valence-electron chi connectivity index (χ0n) is 7.98. The summed E-state index contributed by atoms with van der Waals surface area (Å²) in [5, 5.41) is 8.96. The van der Waals surface area contributed by atoms with E-state index in [2.05, 4.69) is 12.1 Å². The Kier molecular flexibility index (Phi) is 4.27. The molecule has 1 unspecified atom stereocenters. The molecule has 1 nitrogen and oxygen atoms in total. The van der Waals surface area contributed by atoms with E-state index in [-0.39, 0.29) is 6.10 Å². The van der Waals surface area contributed by atoms with Gasteiger partial charge in [-0.15, -0.1) is 0 Å². The quantitative estimate of drug-likeness (QED) is 0.699. The first-order chi connectivity index (χ1) is 6.29. The Labute approximate surface area is 79.7 Å². The summed E-state index contributed by atoms with van der Waals surface area (Å²) in [6, 6.07) is 10.4. The van der Waals surface area contributed by atoms with Gasteiger partial charge in [-0.3, -0.25) is 0 Å². The normalized spacial score (nSPS) is 13.4. The average Bonchev–Trinajstić information content (AvgIpc) is 2.14. The van der Waals surface area contributed by atoms with Crippen LogP contribution in [-0.2, 0) is 6.42 Å². The number of benzene rings is 1. The zero-order valence-corrected chi connectivity index (χ0v) is 7.98. The summed E-state index contributed by atoms with van der Waals surface area (Å²) < 4.78 is 0. The molecule has 0 saturated heterocycles. The van der Waals surface area contributed by atoms with E-state index in [1.807, 2.05) is 30.4 Å². The Bertz CT molecular complexity index is 249. The Balaban J connectivity index is 2.28. The summed E-state index contributed by atoms with van der Waals surface area (Å²) >= 11 is 0. The van der Waals surface area contributed by atoms with Crippen LogP contribution in [0.1, 0.15) is 18.9 Å². The first kappa shape index (κ1) is 10.0. The molecule has 1 aromatic rings. The summed E-state index contributed by atoms with van der Waals surface area (Å²) in [6.45, 7) is 1.76. The second-order valence-electron chi connectivity index (χ2n) is 3.19. The van der Waals surface area contributed by atoms with E-state index >= 15 is 0 Å². The molecule has 1 heteroatoms. The highest BCUT2D eigenvalue weighted by molar-refractivity contribution is 5.15. The minimum absolute atomic E-state index is 0.323. The van der Waals surface area contributed by atoms with Crippen molar-refractivity contribution in [2.75, 3.05) is 0 Å². The van der Waals surface area contributed by atoms with E-state index in [9.17, 15) is 0 Å². The molecule has 1 N–H and O–H groups in total.